The summed E-state index contributed by atoms with van der Waals surface area (Å²) in [5.41, 5.74) is 7.43. The fourth-order valence-electron chi connectivity index (χ4n) is 1.37. The van der Waals surface area contributed by atoms with Crippen LogP contribution >= 0.6 is 0 Å². The second kappa shape index (κ2) is 4.18. The highest BCUT2D eigenvalue weighted by Crippen LogP contribution is 2.22. The summed E-state index contributed by atoms with van der Waals surface area (Å²) in [7, 11) is 0. The normalized spacial score (nSPS) is 10.1. The summed E-state index contributed by atoms with van der Waals surface area (Å²) in [5.74, 6) is 0.148. The van der Waals surface area contributed by atoms with Crippen molar-refractivity contribution in [3.8, 4) is 0 Å². The molecule has 0 unspecified atom stereocenters. The Balaban J connectivity index is 2.31. The highest BCUT2D eigenvalue weighted by Gasteiger charge is 2.04. The van der Waals surface area contributed by atoms with Crippen molar-refractivity contribution in [3.63, 3.8) is 0 Å². The van der Waals surface area contributed by atoms with E-state index < -0.39 is 0 Å². The molecule has 0 radical (unpaired) electrons. The average Bonchev–Trinajstić information content (AvgIpc) is 2.25. The van der Waals surface area contributed by atoms with Gasteiger partial charge in [-0.15, -0.1) is 0 Å². The number of nitrogens with one attached hydrogen (secondary N) is 1. The van der Waals surface area contributed by atoms with E-state index in [0.717, 1.165) is 5.56 Å². The molecular weight excluding hydrogens is 205 g/mol. The van der Waals surface area contributed by atoms with Crippen LogP contribution in [0.25, 0.3) is 0 Å². The maximum Gasteiger partial charge on any atom is 0.153 e. The Morgan fingerprint density at radius 3 is 2.81 bits per heavy atom. The number of aryl methyl sites for hydroxylation is 1. The van der Waals surface area contributed by atoms with Crippen LogP contribution in [0.3, 0.4) is 0 Å². The minimum atomic E-state index is -0.315. The zero-order valence-corrected chi connectivity index (χ0v) is 8.87. The van der Waals surface area contributed by atoms with Crippen LogP contribution in [0.15, 0.2) is 36.5 Å². The first kappa shape index (κ1) is 10.4. The zero-order chi connectivity index (χ0) is 11.5. The topological polar surface area (TPSA) is 50.9 Å². The molecule has 0 saturated heterocycles. The van der Waals surface area contributed by atoms with Crippen LogP contribution in [0.1, 0.15) is 5.56 Å². The largest absolute Gasteiger partial charge is 0.396 e. The molecule has 3 nitrogen and oxygen atoms in total. The van der Waals surface area contributed by atoms with E-state index in [9.17, 15) is 4.39 Å². The van der Waals surface area contributed by atoms with Gasteiger partial charge >= 0.3 is 0 Å². The fraction of sp³-hybridized carbons (Fsp3) is 0.0833. The predicted octanol–water partition coefficient (Wildman–Crippen LogP) is 2.85. The quantitative estimate of drug-likeness (QED) is 0.813. The average molecular weight is 217 g/mol. The molecule has 0 atom stereocenters. The molecule has 3 N–H and O–H groups in total. The van der Waals surface area contributed by atoms with E-state index in [4.69, 9.17) is 5.73 Å². The lowest BCUT2D eigenvalue weighted by Gasteiger charge is -2.08. The van der Waals surface area contributed by atoms with Crippen molar-refractivity contribution in [2.75, 3.05) is 11.1 Å². The fourth-order valence-corrected chi connectivity index (χ4v) is 1.37. The lowest BCUT2D eigenvalue weighted by atomic mass is 10.2. The van der Waals surface area contributed by atoms with Crippen molar-refractivity contribution in [3.05, 3.63) is 47.9 Å². The second-order valence-electron chi connectivity index (χ2n) is 3.55. The molecule has 4 heteroatoms. The SMILES string of the molecule is Cc1ccc(Nc2ncccc2N)c(F)c1. The van der Waals surface area contributed by atoms with Gasteiger partial charge in [0.25, 0.3) is 0 Å². The van der Waals surface area contributed by atoms with E-state index in [1.807, 2.05) is 13.0 Å². The lowest BCUT2D eigenvalue weighted by Crippen LogP contribution is -2.00. The molecule has 0 saturated carbocycles. The standard InChI is InChI=1S/C12H12FN3/c1-8-4-5-11(9(13)7-8)16-12-10(14)3-2-6-15-12/h2-7H,14H2,1H3,(H,15,16). The number of anilines is 3. The molecule has 0 aliphatic heterocycles. The monoisotopic (exact) mass is 217 g/mol. The van der Waals surface area contributed by atoms with Gasteiger partial charge in [0.1, 0.15) is 5.82 Å². The van der Waals surface area contributed by atoms with Crippen LogP contribution in [-0.4, -0.2) is 4.98 Å². The summed E-state index contributed by atoms with van der Waals surface area (Å²) in [6.45, 7) is 1.84. The van der Waals surface area contributed by atoms with Crippen molar-refractivity contribution in [1.82, 2.24) is 4.98 Å². The Kier molecular flexibility index (Phi) is 2.72. The van der Waals surface area contributed by atoms with Crippen LogP contribution in [0.5, 0.6) is 0 Å². The molecular formula is C12H12FN3. The van der Waals surface area contributed by atoms with Crippen molar-refractivity contribution >= 4 is 17.2 Å². The molecule has 82 valence electrons. The maximum atomic E-state index is 13.5. The molecule has 0 aliphatic carbocycles. The van der Waals surface area contributed by atoms with E-state index in [2.05, 4.69) is 10.3 Å². The van der Waals surface area contributed by atoms with Crippen molar-refractivity contribution in [1.29, 1.82) is 0 Å². The Morgan fingerprint density at radius 2 is 2.12 bits per heavy atom. The van der Waals surface area contributed by atoms with Gasteiger partial charge in [0.05, 0.1) is 11.4 Å². The van der Waals surface area contributed by atoms with Gasteiger partial charge in [0.2, 0.25) is 0 Å². The van der Waals surface area contributed by atoms with Crippen LogP contribution in [0.2, 0.25) is 0 Å². The first-order chi connectivity index (χ1) is 7.66. The predicted molar refractivity (Wildman–Crippen MR) is 63.1 cm³/mol. The second-order valence-corrected chi connectivity index (χ2v) is 3.55. The van der Waals surface area contributed by atoms with E-state index >= 15 is 0 Å². The summed E-state index contributed by atoms with van der Waals surface area (Å²) in [5, 5.41) is 2.86. The molecule has 1 heterocycles. The number of halogens is 1. The summed E-state index contributed by atoms with van der Waals surface area (Å²) >= 11 is 0. The van der Waals surface area contributed by atoms with Gasteiger partial charge in [-0.1, -0.05) is 6.07 Å². The Hall–Kier alpha value is -2.10. The molecule has 0 bridgehead atoms. The summed E-state index contributed by atoms with van der Waals surface area (Å²) in [6.07, 6.45) is 1.60. The first-order valence-corrected chi connectivity index (χ1v) is 4.90. The van der Waals surface area contributed by atoms with Gasteiger partial charge in [0.15, 0.2) is 5.82 Å². The summed E-state index contributed by atoms with van der Waals surface area (Å²) in [6, 6.07) is 8.39. The Morgan fingerprint density at radius 1 is 1.31 bits per heavy atom. The number of nitrogen functional groups attached to an aromatic ring is 1. The molecule has 0 fully saturated rings. The van der Waals surface area contributed by atoms with Crippen molar-refractivity contribution in [2.24, 2.45) is 0 Å². The Labute approximate surface area is 93.1 Å². The number of nitrogens with zero attached hydrogens (tertiary/aromatic N) is 1. The van der Waals surface area contributed by atoms with E-state index in [0.29, 0.717) is 17.2 Å². The number of hydrogen-bond acceptors (Lipinski definition) is 3. The number of aromatic nitrogens is 1. The molecule has 2 rings (SSSR count). The smallest absolute Gasteiger partial charge is 0.153 e. The van der Waals surface area contributed by atoms with E-state index in [1.165, 1.54) is 6.07 Å². The molecule has 1 aromatic heterocycles. The molecule has 0 amide bonds. The molecule has 16 heavy (non-hydrogen) atoms. The van der Waals surface area contributed by atoms with Crippen LogP contribution < -0.4 is 11.1 Å². The van der Waals surface area contributed by atoms with Crippen LogP contribution in [0.4, 0.5) is 21.6 Å². The lowest BCUT2D eigenvalue weighted by molar-refractivity contribution is 0.630. The minimum absolute atomic E-state index is 0.315. The number of benzene rings is 1. The van der Waals surface area contributed by atoms with E-state index in [1.54, 1.807) is 24.4 Å². The zero-order valence-electron chi connectivity index (χ0n) is 8.87. The Bertz CT molecular complexity index is 511. The molecule has 0 aliphatic rings. The molecule has 1 aromatic carbocycles. The van der Waals surface area contributed by atoms with Gasteiger partial charge in [0, 0.05) is 6.20 Å². The number of hydrogen-bond donors (Lipinski definition) is 2. The first-order valence-electron chi connectivity index (χ1n) is 4.90. The third kappa shape index (κ3) is 2.11. The van der Waals surface area contributed by atoms with Gasteiger partial charge in [-0.05, 0) is 36.8 Å². The van der Waals surface area contributed by atoms with Crippen LogP contribution in [-0.2, 0) is 0 Å². The molecule has 2 aromatic rings. The number of rotatable bonds is 2. The third-order valence-corrected chi connectivity index (χ3v) is 2.22. The van der Waals surface area contributed by atoms with Crippen molar-refractivity contribution < 1.29 is 4.39 Å². The highest BCUT2D eigenvalue weighted by molar-refractivity contribution is 5.68. The number of pyridine rings is 1. The maximum absolute atomic E-state index is 13.5. The van der Waals surface area contributed by atoms with Crippen molar-refractivity contribution in [2.45, 2.75) is 6.92 Å². The van der Waals surface area contributed by atoms with Gasteiger partial charge in [-0.25, -0.2) is 9.37 Å². The van der Waals surface area contributed by atoms with Gasteiger partial charge < -0.3 is 11.1 Å². The summed E-state index contributed by atoms with van der Waals surface area (Å²) < 4.78 is 13.5. The van der Waals surface area contributed by atoms with Gasteiger partial charge in [-0.3, -0.25) is 0 Å². The van der Waals surface area contributed by atoms with Crippen LogP contribution in [0, 0.1) is 12.7 Å². The number of nitrogens with two attached hydrogens (primary N) is 1. The highest BCUT2D eigenvalue weighted by atomic mass is 19.1. The summed E-state index contributed by atoms with van der Waals surface area (Å²) in [4.78, 5) is 4.03. The third-order valence-electron chi connectivity index (χ3n) is 2.22. The minimum Gasteiger partial charge on any atom is -0.396 e. The molecule has 0 spiro atoms. The van der Waals surface area contributed by atoms with E-state index in [-0.39, 0.29) is 5.82 Å². The van der Waals surface area contributed by atoms with Gasteiger partial charge in [-0.2, -0.15) is 0 Å².